The van der Waals surface area contributed by atoms with Crippen LogP contribution in [0.2, 0.25) is 0 Å². The molecule has 0 radical (unpaired) electrons. The van der Waals surface area contributed by atoms with Crippen molar-refractivity contribution in [3.63, 3.8) is 0 Å². The van der Waals surface area contributed by atoms with Gasteiger partial charge in [0.05, 0.1) is 13.2 Å². The van der Waals surface area contributed by atoms with Gasteiger partial charge in [0.2, 0.25) is 0 Å². The average Bonchev–Trinajstić information content (AvgIpc) is 2.85. The Kier molecular flexibility index (Phi) is 22.9. The Balaban J connectivity index is 6.16. The molecule has 0 aromatic heterocycles. The molecule has 39 heavy (non-hydrogen) atoms. The molecule has 0 fully saturated rings. The first kappa shape index (κ1) is 39.2. The largest absolute Gasteiger partial charge is 0.469 e. The van der Waals surface area contributed by atoms with E-state index in [0.29, 0.717) is 12.8 Å². The number of hydrogen-bond donors (Lipinski definition) is 4. The average molecular weight is 601 g/mol. The van der Waals surface area contributed by atoms with Crippen molar-refractivity contribution in [1.29, 1.82) is 0 Å². The van der Waals surface area contributed by atoms with Gasteiger partial charge in [-0.05, 0) is 24.7 Å². The number of phosphoric ester groups is 2. The predicted octanol–water partition coefficient (Wildman–Crippen LogP) is 9.31. The second kappa shape index (κ2) is 22.8. The predicted molar refractivity (Wildman–Crippen MR) is 160 cm³/mol. The van der Waals surface area contributed by atoms with Crippen LogP contribution >= 0.6 is 15.6 Å². The van der Waals surface area contributed by atoms with Crippen LogP contribution in [0.1, 0.15) is 156 Å². The molecular formula is C29H62O8P2. The Labute approximate surface area is 239 Å². The monoisotopic (exact) mass is 600 g/mol. The molecule has 2 atom stereocenters. The van der Waals surface area contributed by atoms with E-state index < -0.39 is 21.1 Å². The summed E-state index contributed by atoms with van der Waals surface area (Å²) in [6.45, 7) is 8.17. The Hall–Kier alpha value is 0.220. The van der Waals surface area contributed by atoms with Crippen molar-refractivity contribution < 1.29 is 37.8 Å². The van der Waals surface area contributed by atoms with Crippen molar-refractivity contribution in [2.24, 2.45) is 17.3 Å². The Morgan fingerprint density at radius 1 is 0.513 bits per heavy atom. The third-order valence-corrected chi connectivity index (χ3v) is 8.82. The van der Waals surface area contributed by atoms with Crippen LogP contribution < -0.4 is 0 Å². The van der Waals surface area contributed by atoms with Crippen molar-refractivity contribution in [3.8, 4) is 0 Å². The Morgan fingerprint density at radius 3 is 1.08 bits per heavy atom. The van der Waals surface area contributed by atoms with E-state index in [0.717, 1.165) is 103 Å². The smallest absolute Gasteiger partial charge is 0.303 e. The quantitative estimate of drug-likeness (QED) is 0.0516. The topological polar surface area (TPSA) is 134 Å². The summed E-state index contributed by atoms with van der Waals surface area (Å²) in [5, 5.41) is 0. The van der Waals surface area contributed by atoms with E-state index in [1.54, 1.807) is 0 Å². The minimum atomic E-state index is -4.78. The molecule has 0 aliphatic carbocycles. The van der Waals surface area contributed by atoms with Crippen LogP contribution in [0.4, 0.5) is 0 Å². The lowest BCUT2D eigenvalue weighted by Gasteiger charge is -2.39. The van der Waals surface area contributed by atoms with Gasteiger partial charge in [-0.1, -0.05) is 143 Å². The zero-order chi connectivity index (χ0) is 29.6. The van der Waals surface area contributed by atoms with Crippen LogP contribution in [-0.4, -0.2) is 32.8 Å². The van der Waals surface area contributed by atoms with Crippen LogP contribution in [0.3, 0.4) is 0 Å². The summed E-state index contributed by atoms with van der Waals surface area (Å²) in [4.78, 5) is 38.5. The lowest BCUT2D eigenvalue weighted by Crippen LogP contribution is -2.36. The summed E-state index contributed by atoms with van der Waals surface area (Å²) in [7, 11) is -9.55. The lowest BCUT2D eigenvalue weighted by molar-refractivity contribution is 0.00596. The molecule has 4 N–H and O–H groups in total. The molecule has 0 amide bonds. The molecule has 236 valence electrons. The molecule has 0 bridgehead atoms. The minimum Gasteiger partial charge on any atom is -0.303 e. The van der Waals surface area contributed by atoms with Gasteiger partial charge in [0.1, 0.15) is 0 Å². The van der Waals surface area contributed by atoms with Gasteiger partial charge in [-0.2, -0.15) is 0 Å². The van der Waals surface area contributed by atoms with Gasteiger partial charge < -0.3 is 19.6 Å². The minimum absolute atomic E-state index is 0.268. The summed E-state index contributed by atoms with van der Waals surface area (Å²) in [5.41, 5.74) is -0.883. The van der Waals surface area contributed by atoms with Crippen LogP contribution in [0.5, 0.6) is 0 Å². The first-order chi connectivity index (χ1) is 18.4. The molecule has 0 aromatic carbocycles. The fourth-order valence-corrected chi connectivity index (χ4v) is 6.69. The fourth-order valence-electron chi connectivity index (χ4n) is 5.81. The standard InChI is InChI=1S/C29H62O8P2/c1-5-9-13-17-21-27(19-15-11-7-3)23-29(25-36-38(30,31)32,26-37-39(33,34)35)24-28(20-16-12-8-4)22-18-14-10-6-2/h27-28H,5-26H2,1-4H3,(H2,30,31,32)(H2,33,34,35). The van der Waals surface area contributed by atoms with Crippen molar-refractivity contribution in [1.82, 2.24) is 0 Å². The first-order valence-corrected chi connectivity index (χ1v) is 18.9. The third kappa shape index (κ3) is 23.5. The molecular weight excluding hydrogens is 538 g/mol. The second-order valence-electron chi connectivity index (χ2n) is 11.9. The molecule has 0 rings (SSSR count). The SMILES string of the molecule is CCCCCCC(CCCCC)CC(COP(=O)(O)O)(COP(=O)(O)O)CC(CCCCC)CCCCCC. The molecule has 0 spiro atoms. The highest BCUT2D eigenvalue weighted by Gasteiger charge is 2.39. The number of hydrogen-bond acceptors (Lipinski definition) is 4. The van der Waals surface area contributed by atoms with Crippen molar-refractivity contribution in [2.45, 2.75) is 156 Å². The van der Waals surface area contributed by atoms with E-state index in [9.17, 15) is 28.7 Å². The van der Waals surface area contributed by atoms with E-state index in [1.807, 2.05) is 0 Å². The Bertz CT molecular complexity index is 608. The van der Waals surface area contributed by atoms with Crippen LogP contribution in [-0.2, 0) is 18.2 Å². The van der Waals surface area contributed by atoms with E-state index in [4.69, 9.17) is 9.05 Å². The normalized spacial score (nSPS) is 14.6. The lowest BCUT2D eigenvalue weighted by atomic mass is 9.70. The van der Waals surface area contributed by atoms with Gasteiger partial charge in [-0.15, -0.1) is 0 Å². The van der Waals surface area contributed by atoms with Crippen molar-refractivity contribution in [3.05, 3.63) is 0 Å². The first-order valence-electron chi connectivity index (χ1n) is 15.8. The zero-order valence-corrected chi connectivity index (χ0v) is 27.3. The summed E-state index contributed by atoms with van der Waals surface area (Å²) >= 11 is 0. The highest BCUT2D eigenvalue weighted by atomic mass is 31.2. The van der Waals surface area contributed by atoms with Crippen LogP contribution in [0, 0.1) is 17.3 Å². The van der Waals surface area contributed by atoms with Crippen LogP contribution in [0.15, 0.2) is 0 Å². The number of phosphoric acid groups is 2. The van der Waals surface area contributed by atoms with E-state index in [1.165, 1.54) is 12.8 Å². The van der Waals surface area contributed by atoms with Gasteiger partial charge in [-0.3, -0.25) is 9.05 Å². The maximum atomic E-state index is 11.8. The highest BCUT2D eigenvalue weighted by Crippen LogP contribution is 2.48. The zero-order valence-electron chi connectivity index (χ0n) is 25.5. The van der Waals surface area contributed by atoms with E-state index in [-0.39, 0.29) is 25.0 Å². The molecule has 10 heteroatoms. The molecule has 8 nitrogen and oxygen atoms in total. The third-order valence-electron chi connectivity index (χ3n) is 7.88. The van der Waals surface area contributed by atoms with Gasteiger partial charge in [0, 0.05) is 5.41 Å². The molecule has 0 aliphatic rings. The molecule has 0 aliphatic heterocycles. The second-order valence-corrected chi connectivity index (χ2v) is 14.3. The Morgan fingerprint density at radius 2 is 0.795 bits per heavy atom. The fraction of sp³-hybridized carbons (Fsp3) is 1.00. The molecule has 0 aromatic rings. The van der Waals surface area contributed by atoms with Gasteiger partial charge in [0.25, 0.3) is 0 Å². The van der Waals surface area contributed by atoms with Gasteiger partial charge in [-0.25, -0.2) is 9.13 Å². The highest BCUT2D eigenvalue weighted by molar-refractivity contribution is 7.46. The van der Waals surface area contributed by atoms with Gasteiger partial charge >= 0.3 is 15.6 Å². The summed E-state index contributed by atoms with van der Waals surface area (Å²) in [6, 6.07) is 0. The van der Waals surface area contributed by atoms with Crippen LogP contribution in [0.25, 0.3) is 0 Å². The summed E-state index contributed by atoms with van der Waals surface area (Å²) in [5.74, 6) is 0.566. The molecule has 0 saturated heterocycles. The van der Waals surface area contributed by atoms with Crippen molar-refractivity contribution in [2.75, 3.05) is 13.2 Å². The van der Waals surface area contributed by atoms with Crippen molar-refractivity contribution >= 4 is 15.6 Å². The molecule has 0 saturated carbocycles. The maximum absolute atomic E-state index is 11.8. The van der Waals surface area contributed by atoms with Gasteiger partial charge in [0.15, 0.2) is 0 Å². The molecule has 0 heterocycles. The number of rotatable bonds is 28. The van der Waals surface area contributed by atoms with E-state index in [2.05, 4.69) is 27.7 Å². The maximum Gasteiger partial charge on any atom is 0.469 e. The molecule has 2 unspecified atom stereocenters. The summed E-state index contributed by atoms with van der Waals surface area (Å²) < 4.78 is 33.9. The summed E-state index contributed by atoms with van der Waals surface area (Å²) in [6.07, 6.45) is 20.8. The van der Waals surface area contributed by atoms with E-state index >= 15 is 0 Å². The number of unbranched alkanes of at least 4 members (excludes halogenated alkanes) is 10.